The smallest absolute Gasteiger partial charge is 0.276 e. The van der Waals surface area contributed by atoms with Gasteiger partial charge < -0.3 is 9.73 Å². The first kappa shape index (κ1) is 25.2. The molecule has 178 valence electrons. The van der Waals surface area contributed by atoms with Gasteiger partial charge in [0.1, 0.15) is 11.1 Å². The topological polar surface area (TPSA) is 127 Å². The lowest BCUT2D eigenvalue weighted by Gasteiger charge is -2.31. The van der Waals surface area contributed by atoms with Gasteiger partial charge in [0.25, 0.3) is 11.1 Å². The van der Waals surface area contributed by atoms with Gasteiger partial charge in [-0.2, -0.15) is 0 Å². The van der Waals surface area contributed by atoms with Gasteiger partial charge in [0.2, 0.25) is 17.7 Å². The van der Waals surface area contributed by atoms with Crippen molar-refractivity contribution in [2.45, 2.75) is 63.1 Å². The van der Waals surface area contributed by atoms with Gasteiger partial charge in [0.15, 0.2) is 0 Å². The van der Waals surface area contributed by atoms with Crippen molar-refractivity contribution in [1.29, 1.82) is 0 Å². The third-order valence-electron chi connectivity index (χ3n) is 5.57. The fourth-order valence-electron chi connectivity index (χ4n) is 3.92. The lowest BCUT2D eigenvalue weighted by Crippen LogP contribution is -2.50. The third-order valence-corrected chi connectivity index (χ3v) is 6.31. The zero-order valence-corrected chi connectivity index (χ0v) is 20.4. The van der Waals surface area contributed by atoms with Crippen LogP contribution in [0.4, 0.5) is 0 Å². The number of halogens is 1. The molecule has 2 N–H and O–H groups in total. The number of pyridine rings is 1. The van der Waals surface area contributed by atoms with Crippen molar-refractivity contribution in [1.82, 2.24) is 25.8 Å². The van der Waals surface area contributed by atoms with Crippen LogP contribution in [0.15, 0.2) is 28.0 Å². The van der Waals surface area contributed by atoms with Crippen LogP contribution in [0.5, 0.6) is 0 Å². The minimum atomic E-state index is -0.723. The SMILES string of the molecule is CSc1nnc([C@H](CC(C)C)C(=O)NC(=O)[C@@H]2CCCC[C@@H]2NC(=O)c2ccc(Cl)nc2)o1. The molecule has 3 rings (SSSR count). The number of thioether (sulfide) groups is 1. The van der Waals surface area contributed by atoms with Crippen molar-refractivity contribution in [2.24, 2.45) is 11.8 Å². The van der Waals surface area contributed by atoms with Crippen LogP contribution in [-0.4, -0.2) is 45.2 Å². The molecule has 9 nitrogen and oxygen atoms in total. The molecule has 1 saturated carbocycles. The predicted octanol–water partition coefficient (Wildman–Crippen LogP) is 3.60. The van der Waals surface area contributed by atoms with Crippen LogP contribution in [0.3, 0.4) is 0 Å². The largest absolute Gasteiger partial charge is 0.415 e. The van der Waals surface area contributed by atoms with E-state index >= 15 is 0 Å². The molecule has 0 aliphatic heterocycles. The highest BCUT2D eigenvalue weighted by Gasteiger charge is 2.35. The number of carbonyl (C=O) groups excluding carboxylic acids is 3. The molecule has 0 unspecified atom stereocenters. The van der Waals surface area contributed by atoms with Crippen LogP contribution >= 0.6 is 23.4 Å². The summed E-state index contributed by atoms with van der Waals surface area (Å²) >= 11 is 7.08. The van der Waals surface area contributed by atoms with Crippen molar-refractivity contribution < 1.29 is 18.8 Å². The molecule has 2 aromatic heterocycles. The first-order chi connectivity index (χ1) is 15.8. The number of rotatable bonds is 8. The summed E-state index contributed by atoms with van der Waals surface area (Å²) in [5.41, 5.74) is 0.359. The van der Waals surface area contributed by atoms with Crippen LogP contribution in [0.1, 0.15) is 68.1 Å². The number of hydrogen-bond donors (Lipinski definition) is 2. The number of hydrogen-bond acceptors (Lipinski definition) is 8. The number of imide groups is 1. The molecular formula is C22H28ClN5O4S. The van der Waals surface area contributed by atoms with Gasteiger partial charge in [-0.05, 0) is 43.6 Å². The number of carbonyl (C=O) groups is 3. The Kier molecular flexibility index (Phi) is 8.85. The van der Waals surface area contributed by atoms with Gasteiger partial charge >= 0.3 is 0 Å². The van der Waals surface area contributed by atoms with E-state index in [1.807, 2.05) is 13.8 Å². The van der Waals surface area contributed by atoms with E-state index in [2.05, 4.69) is 25.8 Å². The molecule has 11 heteroatoms. The highest BCUT2D eigenvalue weighted by atomic mass is 35.5. The van der Waals surface area contributed by atoms with Gasteiger partial charge in [-0.3, -0.25) is 19.7 Å². The monoisotopic (exact) mass is 493 g/mol. The predicted molar refractivity (Wildman–Crippen MR) is 124 cm³/mol. The van der Waals surface area contributed by atoms with E-state index in [1.54, 1.807) is 12.3 Å². The molecule has 1 aliphatic carbocycles. The molecule has 2 aromatic rings. The molecule has 0 aromatic carbocycles. The number of amides is 3. The molecule has 1 aliphatic rings. The maximum absolute atomic E-state index is 13.1. The lowest BCUT2D eigenvalue weighted by atomic mass is 9.83. The molecule has 2 heterocycles. The van der Waals surface area contributed by atoms with Crippen molar-refractivity contribution in [3.63, 3.8) is 0 Å². The van der Waals surface area contributed by atoms with Gasteiger partial charge in [0, 0.05) is 12.2 Å². The number of aromatic nitrogens is 3. The fraction of sp³-hybridized carbons (Fsp3) is 0.545. The Hall–Kier alpha value is -2.46. The summed E-state index contributed by atoms with van der Waals surface area (Å²) in [4.78, 5) is 42.7. The molecule has 0 saturated heterocycles. The van der Waals surface area contributed by atoms with Crippen molar-refractivity contribution in [2.75, 3.05) is 6.26 Å². The van der Waals surface area contributed by atoms with Crippen LogP contribution in [0.2, 0.25) is 5.15 Å². The second-order valence-electron chi connectivity index (χ2n) is 8.49. The Balaban J connectivity index is 1.69. The summed E-state index contributed by atoms with van der Waals surface area (Å²) in [5.74, 6) is -2.07. The second-order valence-corrected chi connectivity index (χ2v) is 9.63. The molecular weight excluding hydrogens is 466 g/mol. The molecule has 33 heavy (non-hydrogen) atoms. The van der Waals surface area contributed by atoms with Crippen LogP contribution in [0.25, 0.3) is 0 Å². The Morgan fingerprint density at radius 1 is 1.21 bits per heavy atom. The summed E-state index contributed by atoms with van der Waals surface area (Å²) in [5, 5.41) is 14.0. The Morgan fingerprint density at radius 2 is 1.97 bits per heavy atom. The molecule has 3 amide bonds. The molecule has 0 bridgehead atoms. The van der Waals surface area contributed by atoms with Gasteiger partial charge in [-0.1, -0.05) is 50.1 Å². The van der Waals surface area contributed by atoms with E-state index < -0.39 is 23.7 Å². The third kappa shape index (κ3) is 6.77. The van der Waals surface area contributed by atoms with Gasteiger partial charge in [-0.25, -0.2) is 4.98 Å². The maximum Gasteiger partial charge on any atom is 0.276 e. The van der Waals surface area contributed by atoms with Crippen molar-refractivity contribution in [3.8, 4) is 0 Å². The Bertz CT molecular complexity index is 981. The van der Waals surface area contributed by atoms with Gasteiger partial charge in [0.05, 0.1) is 11.5 Å². The fourth-order valence-corrected chi connectivity index (χ4v) is 4.32. The van der Waals surface area contributed by atoms with E-state index in [0.29, 0.717) is 35.2 Å². The van der Waals surface area contributed by atoms with Crippen LogP contribution in [0, 0.1) is 11.8 Å². The second kappa shape index (κ2) is 11.6. The number of nitrogens with one attached hydrogen (secondary N) is 2. The Morgan fingerprint density at radius 3 is 2.61 bits per heavy atom. The average Bonchev–Trinajstić information content (AvgIpc) is 3.27. The average molecular weight is 494 g/mol. The first-order valence-electron chi connectivity index (χ1n) is 10.9. The van der Waals surface area contributed by atoms with E-state index in [9.17, 15) is 14.4 Å². The maximum atomic E-state index is 13.1. The summed E-state index contributed by atoms with van der Waals surface area (Å²) < 4.78 is 5.57. The van der Waals surface area contributed by atoms with E-state index in [4.69, 9.17) is 16.0 Å². The molecule has 0 radical (unpaired) electrons. The molecule has 1 fully saturated rings. The Labute approximate surface area is 201 Å². The summed E-state index contributed by atoms with van der Waals surface area (Å²) in [6.45, 7) is 3.96. The summed E-state index contributed by atoms with van der Waals surface area (Å²) in [7, 11) is 0. The summed E-state index contributed by atoms with van der Waals surface area (Å²) in [6, 6.07) is 2.73. The van der Waals surface area contributed by atoms with Crippen LogP contribution < -0.4 is 10.6 Å². The zero-order valence-electron chi connectivity index (χ0n) is 18.8. The highest BCUT2D eigenvalue weighted by molar-refractivity contribution is 7.98. The first-order valence-corrected chi connectivity index (χ1v) is 12.5. The number of nitrogens with zero attached hydrogens (tertiary/aromatic N) is 3. The van der Waals surface area contributed by atoms with Crippen LogP contribution in [-0.2, 0) is 9.59 Å². The van der Waals surface area contributed by atoms with E-state index in [-0.39, 0.29) is 23.8 Å². The highest BCUT2D eigenvalue weighted by Crippen LogP contribution is 2.28. The van der Waals surface area contributed by atoms with E-state index in [1.165, 1.54) is 24.0 Å². The normalized spacial score (nSPS) is 19.2. The quantitative estimate of drug-likeness (QED) is 0.421. The zero-order chi connectivity index (χ0) is 24.0. The molecule has 3 atom stereocenters. The van der Waals surface area contributed by atoms with Gasteiger partial charge in [-0.15, -0.1) is 10.2 Å². The van der Waals surface area contributed by atoms with Crippen molar-refractivity contribution >= 4 is 41.1 Å². The standard InChI is InChI=1S/C22H28ClN5O4S/c1-12(2)10-15(21-27-28-22(32-21)33-3)20(31)26-19(30)14-6-4-5-7-16(14)25-18(29)13-8-9-17(23)24-11-13/h8-9,11-12,14-16H,4-7,10H2,1-3H3,(H,25,29)(H,26,30,31)/t14-,15-,16+/m1/s1. The lowest BCUT2D eigenvalue weighted by molar-refractivity contribution is -0.135. The molecule has 0 spiro atoms. The summed E-state index contributed by atoms with van der Waals surface area (Å²) in [6.07, 6.45) is 6.61. The van der Waals surface area contributed by atoms with Crippen molar-refractivity contribution in [3.05, 3.63) is 34.9 Å². The minimum absolute atomic E-state index is 0.176. The van der Waals surface area contributed by atoms with E-state index in [0.717, 1.165) is 12.8 Å². The minimum Gasteiger partial charge on any atom is -0.415 e.